The first-order valence-electron chi connectivity index (χ1n) is 12.0. The summed E-state index contributed by atoms with van der Waals surface area (Å²) in [7, 11) is 1.65. The second-order valence-corrected chi connectivity index (χ2v) is 8.85. The van der Waals surface area contributed by atoms with Gasteiger partial charge in [-0.05, 0) is 49.2 Å². The molecule has 9 heteroatoms. The van der Waals surface area contributed by atoms with Crippen molar-refractivity contribution in [3.63, 3.8) is 0 Å². The van der Waals surface area contributed by atoms with Gasteiger partial charge in [0.05, 0.1) is 19.1 Å². The van der Waals surface area contributed by atoms with Gasteiger partial charge in [-0.1, -0.05) is 0 Å². The van der Waals surface area contributed by atoms with Crippen LogP contribution in [0.15, 0.2) is 59.5 Å². The van der Waals surface area contributed by atoms with E-state index in [0.717, 1.165) is 48.8 Å². The number of hydrogen-bond acceptors (Lipinski definition) is 7. The molecule has 0 atom stereocenters. The Hall–Kier alpha value is -3.88. The largest absolute Gasteiger partial charge is 0.497 e. The summed E-state index contributed by atoms with van der Waals surface area (Å²) in [6, 6.07) is 13.2. The number of hydrogen-bond donors (Lipinski definition) is 0. The van der Waals surface area contributed by atoms with E-state index in [0.29, 0.717) is 31.9 Å². The maximum absolute atomic E-state index is 13.1. The molecule has 2 aromatic heterocycles. The third-order valence-electron chi connectivity index (χ3n) is 6.82. The minimum absolute atomic E-state index is 0.00136. The first-order valence-corrected chi connectivity index (χ1v) is 12.0. The molecular weight excluding hydrogens is 446 g/mol. The summed E-state index contributed by atoms with van der Waals surface area (Å²) in [5.41, 5.74) is 1.86. The molecule has 3 aromatic rings. The molecule has 0 aliphatic carbocycles. The lowest BCUT2D eigenvalue weighted by molar-refractivity contribution is -0.137. The van der Waals surface area contributed by atoms with Crippen LogP contribution in [0.25, 0.3) is 11.3 Å². The molecule has 0 spiro atoms. The standard InChI is InChI=1S/C26H29N5O4/c1-34-21-6-4-19(5-7-21)22-17-24(28-18-27-22)29-10-8-20(9-11-29)25(32)30-12-14-31(15-13-30)26(33)23-3-2-16-35-23/h2-7,16-18,20H,8-15H2,1H3. The van der Waals surface area contributed by atoms with Crippen molar-refractivity contribution in [2.24, 2.45) is 5.92 Å². The maximum atomic E-state index is 13.1. The number of piperidine rings is 1. The molecule has 2 fully saturated rings. The zero-order chi connectivity index (χ0) is 24.2. The molecule has 0 saturated carbocycles. The number of ether oxygens (including phenoxy) is 1. The monoisotopic (exact) mass is 475 g/mol. The minimum Gasteiger partial charge on any atom is -0.497 e. The van der Waals surface area contributed by atoms with E-state index in [4.69, 9.17) is 9.15 Å². The maximum Gasteiger partial charge on any atom is 0.289 e. The van der Waals surface area contributed by atoms with Gasteiger partial charge in [-0.3, -0.25) is 9.59 Å². The van der Waals surface area contributed by atoms with Crippen molar-refractivity contribution < 1.29 is 18.7 Å². The topological polar surface area (TPSA) is 92.0 Å². The number of piperazine rings is 1. The number of furan rings is 1. The van der Waals surface area contributed by atoms with Gasteiger partial charge in [0, 0.05) is 56.8 Å². The second-order valence-electron chi connectivity index (χ2n) is 8.85. The predicted molar refractivity (Wildman–Crippen MR) is 130 cm³/mol. The van der Waals surface area contributed by atoms with Gasteiger partial charge in [0.25, 0.3) is 5.91 Å². The van der Waals surface area contributed by atoms with Gasteiger partial charge in [0.15, 0.2) is 5.76 Å². The van der Waals surface area contributed by atoms with Crippen molar-refractivity contribution in [1.29, 1.82) is 0 Å². The number of carbonyl (C=O) groups excluding carboxylic acids is 2. The molecule has 35 heavy (non-hydrogen) atoms. The summed E-state index contributed by atoms with van der Waals surface area (Å²) in [6.07, 6.45) is 4.66. The Kier molecular flexibility index (Phi) is 6.65. The average Bonchev–Trinajstić information content (AvgIpc) is 3.48. The third kappa shape index (κ3) is 4.99. The Labute approximate surface area is 204 Å². The number of nitrogens with zero attached hydrogens (tertiary/aromatic N) is 5. The van der Waals surface area contributed by atoms with Crippen molar-refractivity contribution >= 4 is 17.6 Å². The molecule has 5 rings (SSSR count). The van der Waals surface area contributed by atoms with Crippen LogP contribution in [0.1, 0.15) is 23.4 Å². The summed E-state index contributed by atoms with van der Waals surface area (Å²) in [5.74, 6) is 2.10. The van der Waals surface area contributed by atoms with Crippen molar-refractivity contribution in [3.05, 3.63) is 60.8 Å². The van der Waals surface area contributed by atoms with Crippen LogP contribution in [0.3, 0.4) is 0 Å². The Morgan fingerprint density at radius 1 is 0.943 bits per heavy atom. The quantitative estimate of drug-likeness (QED) is 0.560. The van der Waals surface area contributed by atoms with Crippen LogP contribution in [0, 0.1) is 5.92 Å². The smallest absolute Gasteiger partial charge is 0.289 e. The SMILES string of the molecule is COc1ccc(-c2cc(N3CCC(C(=O)N4CCN(C(=O)c5ccco5)CC4)CC3)ncn2)cc1. The summed E-state index contributed by atoms with van der Waals surface area (Å²) in [6.45, 7) is 3.71. The highest BCUT2D eigenvalue weighted by molar-refractivity contribution is 5.91. The van der Waals surface area contributed by atoms with E-state index < -0.39 is 0 Å². The molecule has 2 aliphatic rings. The van der Waals surface area contributed by atoms with Crippen molar-refractivity contribution in [2.75, 3.05) is 51.3 Å². The van der Waals surface area contributed by atoms with E-state index in [-0.39, 0.29) is 17.7 Å². The summed E-state index contributed by atoms with van der Waals surface area (Å²) in [4.78, 5) is 40.4. The third-order valence-corrected chi connectivity index (χ3v) is 6.82. The van der Waals surface area contributed by atoms with Crippen LogP contribution in [0.4, 0.5) is 5.82 Å². The van der Waals surface area contributed by atoms with E-state index in [9.17, 15) is 9.59 Å². The molecule has 4 heterocycles. The minimum atomic E-state index is -0.116. The number of amides is 2. The van der Waals surface area contributed by atoms with Gasteiger partial charge >= 0.3 is 0 Å². The summed E-state index contributed by atoms with van der Waals surface area (Å²) in [5, 5.41) is 0. The lowest BCUT2D eigenvalue weighted by atomic mass is 9.95. The molecule has 0 N–H and O–H groups in total. The van der Waals surface area contributed by atoms with Crippen LogP contribution >= 0.6 is 0 Å². The van der Waals surface area contributed by atoms with Crippen LogP contribution in [0.2, 0.25) is 0 Å². The molecule has 2 amide bonds. The van der Waals surface area contributed by atoms with E-state index in [2.05, 4.69) is 14.9 Å². The van der Waals surface area contributed by atoms with Gasteiger partial charge < -0.3 is 23.9 Å². The van der Waals surface area contributed by atoms with Gasteiger partial charge in [0.1, 0.15) is 17.9 Å². The summed E-state index contributed by atoms with van der Waals surface area (Å²) < 4.78 is 10.5. The van der Waals surface area contributed by atoms with Crippen LogP contribution < -0.4 is 9.64 Å². The Morgan fingerprint density at radius 3 is 2.31 bits per heavy atom. The molecule has 2 saturated heterocycles. The molecule has 0 unspecified atom stereocenters. The zero-order valence-corrected chi connectivity index (χ0v) is 19.8. The number of methoxy groups -OCH3 is 1. The molecule has 9 nitrogen and oxygen atoms in total. The second kappa shape index (κ2) is 10.2. The van der Waals surface area contributed by atoms with E-state index in [1.54, 1.807) is 30.5 Å². The lowest BCUT2D eigenvalue weighted by Crippen LogP contribution is -2.53. The Bertz CT molecular complexity index is 1150. The van der Waals surface area contributed by atoms with E-state index in [1.807, 2.05) is 35.2 Å². The van der Waals surface area contributed by atoms with Gasteiger partial charge in [-0.15, -0.1) is 0 Å². The highest BCUT2D eigenvalue weighted by atomic mass is 16.5. The highest BCUT2D eigenvalue weighted by Crippen LogP contribution is 2.27. The highest BCUT2D eigenvalue weighted by Gasteiger charge is 2.32. The van der Waals surface area contributed by atoms with Crippen molar-refractivity contribution in [3.8, 4) is 17.0 Å². The Balaban J connectivity index is 1.14. The molecule has 2 aliphatic heterocycles. The number of benzene rings is 1. The Morgan fingerprint density at radius 2 is 1.66 bits per heavy atom. The van der Waals surface area contributed by atoms with Gasteiger partial charge in [-0.25, -0.2) is 9.97 Å². The molecular formula is C26H29N5O4. The number of carbonyl (C=O) groups is 2. The predicted octanol–water partition coefficient (Wildman–Crippen LogP) is 2.95. The van der Waals surface area contributed by atoms with Gasteiger partial charge in [0.2, 0.25) is 5.91 Å². The van der Waals surface area contributed by atoms with E-state index in [1.165, 1.54) is 6.26 Å². The fourth-order valence-electron chi connectivity index (χ4n) is 4.74. The van der Waals surface area contributed by atoms with Gasteiger partial charge in [-0.2, -0.15) is 0 Å². The lowest BCUT2D eigenvalue weighted by Gasteiger charge is -2.38. The zero-order valence-electron chi connectivity index (χ0n) is 19.8. The first-order chi connectivity index (χ1) is 17.1. The van der Waals surface area contributed by atoms with Crippen molar-refractivity contribution in [1.82, 2.24) is 19.8 Å². The van der Waals surface area contributed by atoms with E-state index >= 15 is 0 Å². The molecule has 1 aromatic carbocycles. The normalized spacial score (nSPS) is 16.9. The fourth-order valence-corrected chi connectivity index (χ4v) is 4.74. The summed E-state index contributed by atoms with van der Waals surface area (Å²) >= 11 is 0. The fraction of sp³-hybridized carbons (Fsp3) is 0.385. The number of aromatic nitrogens is 2. The van der Waals surface area contributed by atoms with Crippen LogP contribution in [0.5, 0.6) is 5.75 Å². The molecule has 0 radical (unpaired) electrons. The molecule has 182 valence electrons. The molecule has 0 bridgehead atoms. The van der Waals surface area contributed by atoms with Crippen LogP contribution in [-0.4, -0.2) is 78.0 Å². The van der Waals surface area contributed by atoms with Crippen LogP contribution in [-0.2, 0) is 4.79 Å². The number of anilines is 1. The first kappa shape index (κ1) is 22.9. The van der Waals surface area contributed by atoms with Crippen molar-refractivity contribution in [2.45, 2.75) is 12.8 Å². The number of rotatable bonds is 5. The average molecular weight is 476 g/mol.